The molecule has 1 atom stereocenters. The molecule has 0 spiro atoms. The van der Waals surface area contributed by atoms with Crippen molar-refractivity contribution < 1.29 is 9.47 Å². The second-order valence-corrected chi connectivity index (χ2v) is 5.79. The van der Waals surface area contributed by atoms with Gasteiger partial charge in [-0.25, -0.2) is 9.50 Å². The van der Waals surface area contributed by atoms with Gasteiger partial charge in [-0.05, 0) is 37.1 Å². The molecule has 3 aromatic rings. The van der Waals surface area contributed by atoms with Crippen LogP contribution in [-0.4, -0.2) is 21.7 Å². The fraction of sp³-hybridized carbons (Fsp3) is 0.294. The van der Waals surface area contributed by atoms with Crippen LogP contribution in [0.2, 0.25) is 0 Å². The molecule has 0 fully saturated rings. The number of fused-ring (bicyclic) bond motifs is 2. The number of rotatable bonds is 2. The maximum atomic E-state index is 5.97. The van der Waals surface area contributed by atoms with Gasteiger partial charge in [0.25, 0.3) is 0 Å². The third kappa shape index (κ3) is 2.10. The standard InChI is InChI=1S/C17H18N4O2/c1-9-6-12(22-3)4-5-13(9)14-10(2)20-21-7-11-8-23-16(18)15(11)19-17(14)21/h4-7,16H,8,18H2,1-3H3. The molecule has 2 N–H and O–H groups in total. The Labute approximate surface area is 133 Å². The third-order valence-electron chi connectivity index (χ3n) is 4.28. The first-order valence-corrected chi connectivity index (χ1v) is 7.49. The van der Waals surface area contributed by atoms with E-state index in [0.29, 0.717) is 6.61 Å². The van der Waals surface area contributed by atoms with Gasteiger partial charge in [0.1, 0.15) is 12.0 Å². The van der Waals surface area contributed by atoms with Crippen LogP contribution in [0.3, 0.4) is 0 Å². The lowest BCUT2D eigenvalue weighted by atomic mass is 10.0. The van der Waals surface area contributed by atoms with Gasteiger partial charge in [-0.2, -0.15) is 5.10 Å². The molecule has 0 aliphatic carbocycles. The molecule has 0 amide bonds. The molecule has 1 aliphatic rings. The second kappa shape index (κ2) is 5.04. The average Bonchev–Trinajstić information content (AvgIpc) is 3.05. The van der Waals surface area contributed by atoms with Gasteiger partial charge in [-0.1, -0.05) is 6.07 Å². The summed E-state index contributed by atoms with van der Waals surface area (Å²) in [5.74, 6) is 0.838. The highest BCUT2D eigenvalue weighted by Gasteiger charge is 2.25. The summed E-state index contributed by atoms with van der Waals surface area (Å²) in [5, 5.41) is 4.60. The molecule has 6 nitrogen and oxygen atoms in total. The van der Waals surface area contributed by atoms with Crippen LogP contribution in [0.1, 0.15) is 28.7 Å². The summed E-state index contributed by atoms with van der Waals surface area (Å²) >= 11 is 0. The number of aromatic nitrogens is 3. The van der Waals surface area contributed by atoms with E-state index in [1.165, 1.54) is 0 Å². The molecule has 1 aliphatic heterocycles. The Morgan fingerprint density at radius 1 is 1.35 bits per heavy atom. The van der Waals surface area contributed by atoms with E-state index in [1.807, 2.05) is 35.8 Å². The van der Waals surface area contributed by atoms with Gasteiger partial charge in [0.15, 0.2) is 5.65 Å². The van der Waals surface area contributed by atoms with E-state index >= 15 is 0 Å². The minimum atomic E-state index is -0.463. The van der Waals surface area contributed by atoms with Gasteiger partial charge >= 0.3 is 0 Å². The van der Waals surface area contributed by atoms with Crippen LogP contribution >= 0.6 is 0 Å². The van der Waals surface area contributed by atoms with Crippen LogP contribution in [0.25, 0.3) is 16.8 Å². The molecule has 0 saturated carbocycles. The quantitative estimate of drug-likeness (QED) is 0.787. The van der Waals surface area contributed by atoms with E-state index in [-0.39, 0.29) is 0 Å². The number of methoxy groups -OCH3 is 1. The normalized spacial score (nSPS) is 16.8. The van der Waals surface area contributed by atoms with Crippen molar-refractivity contribution in [2.45, 2.75) is 26.7 Å². The number of nitrogens with two attached hydrogens (primary N) is 1. The highest BCUT2D eigenvalue weighted by atomic mass is 16.5. The molecule has 1 unspecified atom stereocenters. The highest BCUT2D eigenvalue weighted by Crippen LogP contribution is 2.34. The summed E-state index contributed by atoms with van der Waals surface area (Å²) in [7, 11) is 1.67. The molecule has 118 valence electrons. The largest absolute Gasteiger partial charge is 0.497 e. The average molecular weight is 310 g/mol. The Morgan fingerprint density at radius 3 is 2.91 bits per heavy atom. The highest BCUT2D eigenvalue weighted by molar-refractivity contribution is 5.82. The Bertz CT molecular complexity index is 917. The zero-order chi connectivity index (χ0) is 16.1. The number of nitrogens with zero attached hydrogens (tertiary/aromatic N) is 3. The Morgan fingerprint density at radius 2 is 2.17 bits per heavy atom. The predicted octanol–water partition coefficient (Wildman–Crippen LogP) is 2.51. The van der Waals surface area contributed by atoms with Crippen molar-refractivity contribution in [2.75, 3.05) is 7.11 Å². The van der Waals surface area contributed by atoms with E-state index in [1.54, 1.807) is 7.11 Å². The Kier molecular flexibility index (Phi) is 3.11. The van der Waals surface area contributed by atoms with Crippen LogP contribution in [0.4, 0.5) is 0 Å². The minimum absolute atomic E-state index is 0.463. The predicted molar refractivity (Wildman–Crippen MR) is 86.2 cm³/mol. The van der Waals surface area contributed by atoms with Crippen molar-refractivity contribution in [2.24, 2.45) is 5.73 Å². The summed E-state index contributed by atoms with van der Waals surface area (Å²) in [4.78, 5) is 4.74. The number of hydrogen-bond acceptors (Lipinski definition) is 5. The lowest BCUT2D eigenvalue weighted by molar-refractivity contribution is 0.0693. The van der Waals surface area contributed by atoms with Crippen molar-refractivity contribution in [1.82, 2.24) is 14.6 Å². The number of aryl methyl sites for hydroxylation is 2. The van der Waals surface area contributed by atoms with E-state index in [2.05, 4.69) is 12.0 Å². The zero-order valence-corrected chi connectivity index (χ0v) is 13.3. The van der Waals surface area contributed by atoms with Crippen molar-refractivity contribution in [3.63, 3.8) is 0 Å². The summed E-state index contributed by atoms with van der Waals surface area (Å²) in [5.41, 5.74) is 12.7. The van der Waals surface area contributed by atoms with Gasteiger partial charge < -0.3 is 15.2 Å². The molecule has 4 rings (SSSR count). The second-order valence-electron chi connectivity index (χ2n) is 5.79. The number of benzene rings is 1. The van der Waals surface area contributed by atoms with Crippen molar-refractivity contribution in [1.29, 1.82) is 0 Å². The number of ether oxygens (including phenoxy) is 2. The van der Waals surface area contributed by atoms with Gasteiger partial charge in [0.2, 0.25) is 0 Å². The maximum Gasteiger partial charge on any atom is 0.163 e. The maximum absolute atomic E-state index is 5.97. The molecule has 1 aromatic carbocycles. The summed E-state index contributed by atoms with van der Waals surface area (Å²) in [6.45, 7) is 4.54. The Hall–Kier alpha value is -2.44. The molecular formula is C17H18N4O2. The molecule has 0 saturated heterocycles. The van der Waals surface area contributed by atoms with E-state index in [4.69, 9.17) is 20.2 Å². The van der Waals surface area contributed by atoms with Gasteiger partial charge in [0.05, 0.1) is 25.1 Å². The first-order valence-electron chi connectivity index (χ1n) is 7.49. The summed E-state index contributed by atoms with van der Waals surface area (Å²) in [6.07, 6.45) is 1.50. The van der Waals surface area contributed by atoms with Crippen LogP contribution in [0, 0.1) is 13.8 Å². The SMILES string of the molecule is COc1ccc(-c2c(C)nn3cc4c(nc23)C(N)OC4)c(C)c1. The Balaban J connectivity index is 1.97. The number of hydrogen-bond donors (Lipinski definition) is 1. The van der Waals surface area contributed by atoms with Crippen molar-refractivity contribution in [3.05, 3.63) is 46.9 Å². The zero-order valence-electron chi connectivity index (χ0n) is 13.3. The molecule has 0 radical (unpaired) electrons. The lowest BCUT2D eigenvalue weighted by Crippen LogP contribution is -2.10. The monoisotopic (exact) mass is 310 g/mol. The van der Waals surface area contributed by atoms with Crippen molar-refractivity contribution >= 4 is 5.65 Å². The van der Waals surface area contributed by atoms with E-state index in [0.717, 1.165) is 45.0 Å². The van der Waals surface area contributed by atoms with Crippen LogP contribution in [0.15, 0.2) is 24.4 Å². The fourth-order valence-corrected chi connectivity index (χ4v) is 3.11. The van der Waals surface area contributed by atoms with Gasteiger partial charge in [-0.3, -0.25) is 0 Å². The first-order chi connectivity index (χ1) is 11.1. The molecule has 0 bridgehead atoms. The van der Waals surface area contributed by atoms with Gasteiger partial charge in [-0.15, -0.1) is 0 Å². The minimum Gasteiger partial charge on any atom is -0.497 e. The summed E-state index contributed by atoms with van der Waals surface area (Å²) in [6, 6.07) is 6.01. The van der Waals surface area contributed by atoms with Gasteiger partial charge in [0, 0.05) is 17.3 Å². The molecular weight excluding hydrogens is 292 g/mol. The topological polar surface area (TPSA) is 74.7 Å². The smallest absolute Gasteiger partial charge is 0.163 e. The molecule has 6 heteroatoms. The van der Waals surface area contributed by atoms with Crippen LogP contribution in [0.5, 0.6) is 5.75 Å². The molecule has 23 heavy (non-hydrogen) atoms. The van der Waals surface area contributed by atoms with E-state index in [9.17, 15) is 0 Å². The first kappa shape index (κ1) is 14.2. The summed E-state index contributed by atoms with van der Waals surface area (Å²) < 4.78 is 12.6. The van der Waals surface area contributed by atoms with Crippen molar-refractivity contribution in [3.8, 4) is 16.9 Å². The lowest BCUT2D eigenvalue weighted by Gasteiger charge is -2.08. The van der Waals surface area contributed by atoms with Crippen LogP contribution < -0.4 is 10.5 Å². The third-order valence-corrected chi connectivity index (χ3v) is 4.28. The fourth-order valence-electron chi connectivity index (χ4n) is 3.11. The molecule has 2 aromatic heterocycles. The molecule has 3 heterocycles. The van der Waals surface area contributed by atoms with E-state index < -0.39 is 6.23 Å². The van der Waals surface area contributed by atoms with Crippen LogP contribution in [-0.2, 0) is 11.3 Å².